The molecule has 2 aromatic rings. The van der Waals surface area contributed by atoms with Crippen LogP contribution in [-0.4, -0.2) is 33.5 Å². The van der Waals surface area contributed by atoms with E-state index in [9.17, 15) is 26.4 Å². The minimum atomic E-state index is -4.84. The van der Waals surface area contributed by atoms with Crippen LogP contribution in [0.4, 0.5) is 24.5 Å². The predicted molar refractivity (Wildman–Crippen MR) is 100 cm³/mol. The Bertz CT molecular complexity index is 967. The third-order valence-electron chi connectivity index (χ3n) is 3.26. The van der Waals surface area contributed by atoms with Gasteiger partial charge in [-0.3, -0.25) is 9.10 Å². The number of anilines is 2. The minimum Gasteiger partial charge on any atom is -0.406 e. The lowest BCUT2D eigenvalue weighted by Crippen LogP contribution is -2.37. The van der Waals surface area contributed by atoms with Crippen LogP contribution < -0.4 is 14.4 Å². The summed E-state index contributed by atoms with van der Waals surface area (Å²) in [5.41, 5.74) is 0.158. The number of halogens is 5. The first-order valence-electron chi connectivity index (χ1n) is 7.44. The van der Waals surface area contributed by atoms with Crippen LogP contribution in [0.1, 0.15) is 0 Å². The molecular formula is C16H13Cl2F3N2O4S. The molecule has 0 radical (unpaired) electrons. The van der Waals surface area contributed by atoms with Gasteiger partial charge in [0.05, 0.1) is 22.0 Å². The Morgan fingerprint density at radius 2 is 1.75 bits per heavy atom. The molecule has 0 aliphatic heterocycles. The molecule has 0 saturated carbocycles. The van der Waals surface area contributed by atoms with Gasteiger partial charge in [0.1, 0.15) is 12.3 Å². The van der Waals surface area contributed by atoms with Gasteiger partial charge in [0.15, 0.2) is 0 Å². The van der Waals surface area contributed by atoms with Gasteiger partial charge in [-0.2, -0.15) is 0 Å². The molecule has 0 bridgehead atoms. The summed E-state index contributed by atoms with van der Waals surface area (Å²) in [4.78, 5) is 12.2. The Hall–Kier alpha value is -2.17. The number of rotatable bonds is 6. The fraction of sp³-hybridized carbons (Fsp3) is 0.188. The molecule has 2 rings (SSSR count). The first-order valence-corrected chi connectivity index (χ1v) is 10.0. The van der Waals surface area contributed by atoms with E-state index < -0.39 is 34.6 Å². The third kappa shape index (κ3) is 6.18. The van der Waals surface area contributed by atoms with Crippen molar-refractivity contribution in [3.63, 3.8) is 0 Å². The number of nitrogens with one attached hydrogen (secondary N) is 1. The van der Waals surface area contributed by atoms with E-state index in [4.69, 9.17) is 23.2 Å². The zero-order chi connectivity index (χ0) is 21.1. The number of amides is 1. The monoisotopic (exact) mass is 456 g/mol. The molecule has 28 heavy (non-hydrogen) atoms. The van der Waals surface area contributed by atoms with Crippen molar-refractivity contribution in [3.05, 3.63) is 52.5 Å². The minimum absolute atomic E-state index is 0.0146. The maximum Gasteiger partial charge on any atom is 0.573 e. The number of ether oxygens (including phenoxy) is 1. The van der Waals surface area contributed by atoms with Crippen molar-refractivity contribution in [3.8, 4) is 5.75 Å². The molecule has 0 unspecified atom stereocenters. The Morgan fingerprint density at radius 3 is 2.29 bits per heavy atom. The summed E-state index contributed by atoms with van der Waals surface area (Å²) in [7, 11) is -3.89. The van der Waals surface area contributed by atoms with Gasteiger partial charge in [0, 0.05) is 5.69 Å². The van der Waals surface area contributed by atoms with Gasteiger partial charge < -0.3 is 10.1 Å². The van der Waals surface area contributed by atoms with Gasteiger partial charge in [-0.25, -0.2) is 8.42 Å². The van der Waals surface area contributed by atoms with Gasteiger partial charge in [0.25, 0.3) is 0 Å². The second-order valence-corrected chi connectivity index (χ2v) is 8.15. The number of carbonyl (C=O) groups is 1. The zero-order valence-electron chi connectivity index (χ0n) is 14.1. The molecule has 1 N–H and O–H groups in total. The van der Waals surface area contributed by atoms with Crippen molar-refractivity contribution in [1.29, 1.82) is 0 Å². The Labute approximate surface area is 168 Å². The maximum absolute atomic E-state index is 12.2. The van der Waals surface area contributed by atoms with Crippen molar-refractivity contribution < 1.29 is 31.1 Å². The highest BCUT2D eigenvalue weighted by Gasteiger charge is 2.31. The van der Waals surface area contributed by atoms with E-state index in [1.54, 1.807) is 0 Å². The largest absolute Gasteiger partial charge is 0.573 e. The van der Waals surface area contributed by atoms with E-state index in [-0.39, 0.29) is 21.4 Å². The van der Waals surface area contributed by atoms with Crippen LogP contribution in [0.3, 0.4) is 0 Å². The number of carbonyl (C=O) groups excluding carboxylic acids is 1. The van der Waals surface area contributed by atoms with Crippen molar-refractivity contribution in [1.82, 2.24) is 0 Å². The summed E-state index contributed by atoms with van der Waals surface area (Å²) in [6.07, 6.45) is -3.95. The molecule has 0 aliphatic carbocycles. The van der Waals surface area contributed by atoms with E-state index in [2.05, 4.69) is 10.1 Å². The second kappa shape index (κ2) is 8.46. The molecule has 1 amide bonds. The quantitative estimate of drug-likeness (QED) is 0.702. The highest BCUT2D eigenvalue weighted by Crippen LogP contribution is 2.33. The topological polar surface area (TPSA) is 75.7 Å². The number of alkyl halides is 3. The van der Waals surface area contributed by atoms with E-state index in [1.807, 2.05) is 0 Å². The Morgan fingerprint density at radius 1 is 1.14 bits per heavy atom. The molecular weight excluding hydrogens is 444 g/mol. The van der Waals surface area contributed by atoms with Gasteiger partial charge >= 0.3 is 6.36 Å². The van der Waals surface area contributed by atoms with Gasteiger partial charge in [-0.15, -0.1) is 13.2 Å². The smallest absolute Gasteiger partial charge is 0.406 e. The average Bonchev–Trinajstić information content (AvgIpc) is 2.55. The Kier molecular flexibility index (Phi) is 6.68. The van der Waals surface area contributed by atoms with Gasteiger partial charge in [-0.05, 0) is 36.4 Å². The van der Waals surface area contributed by atoms with Crippen LogP contribution in [0.2, 0.25) is 10.0 Å². The SMILES string of the molecule is CS(=O)(=O)N(CC(=O)Nc1ccc(OC(F)(F)F)cc1)c1cccc(Cl)c1Cl. The molecule has 2 aromatic carbocycles. The fourth-order valence-corrected chi connectivity index (χ4v) is 3.45. The molecule has 0 saturated heterocycles. The van der Waals surface area contributed by atoms with Crippen LogP contribution in [0.15, 0.2) is 42.5 Å². The normalized spacial score (nSPS) is 11.8. The Balaban J connectivity index is 2.16. The summed E-state index contributed by atoms with van der Waals surface area (Å²) in [5, 5.41) is 2.44. The summed E-state index contributed by atoms with van der Waals surface area (Å²) in [5.74, 6) is -1.21. The molecule has 0 aromatic heterocycles. The van der Waals surface area contributed by atoms with Crippen LogP contribution in [-0.2, 0) is 14.8 Å². The van der Waals surface area contributed by atoms with Crippen LogP contribution in [0, 0.1) is 0 Å². The zero-order valence-corrected chi connectivity index (χ0v) is 16.5. The molecule has 0 spiro atoms. The molecule has 6 nitrogen and oxygen atoms in total. The lowest BCUT2D eigenvalue weighted by molar-refractivity contribution is -0.274. The second-order valence-electron chi connectivity index (χ2n) is 5.46. The lowest BCUT2D eigenvalue weighted by Gasteiger charge is -2.23. The predicted octanol–water partition coefficient (Wildman–Crippen LogP) is 4.30. The highest BCUT2D eigenvalue weighted by atomic mass is 35.5. The van der Waals surface area contributed by atoms with Crippen molar-refractivity contribution >= 4 is 50.5 Å². The number of hydrogen-bond donors (Lipinski definition) is 1. The number of benzene rings is 2. The number of sulfonamides is 1. The molecule has 152 valence electrons. The molecule has 0 aliphatic rings. The highest BCUT2D eigenvalue weighted by molar-refractivity contribution is 7.92. The first kappa shape index (κ1) is 22.1. The lowest BCUT2D eigenvalue weighted by atomic mass is 10.3. The summed E-state index contributed by atoms with van der Waals surface area (Å²) in [6, 6.07) is 8.67. The third-order valence-corrected chi connectivity index (χ3v) is 5.19. The number of hydrogen-bond acceptors (Lipinski definition) is 4. The van der Waals surface area contributed by atoms with Crippen LogP contribution in [0.25, 0.3) is 0 Å². The van der Waals surface area contributed by atoms with E-state index in [0.717, 1.165) is 22.7 Å². The summed E-state index contributed by atoms with van der Waals surface area (Å²) >= 11 is 11.9. The van der Waals surface area contributed by atoms with Crippen molar-refractivity contribution in [2.75, 3.05) is 22.4 Å². The van der Waals surface area contributed by atoms with Crippen molar-refractivity contribution in [2.45, 2.75) is 6.36 Å². The van der Waals surface area contributed by atoms with Gasteiger partial charge in [-0.1, -0.05) is 29.3 Å². The van der Waals surface area contributed by atoms with E-state index >= 15 is 0 Å². The molecule has 0 heterocycles. The maximum atomic E-state index is 12.2. The molecule has 12 heteroatoms. The van der Waals surface area contributed by atoms with Crippen LogP contribution in [0.5, 0.6) is 5.75 Å². The van der Waals surface area contributed by atoms with E-state index in [1.165, 1.54) is 30.3 Å². The first-order chi connectivity index (χ1) is 12.9. The summed E-state index contributed by atoms with van der Waals surface area (Å²) < 4.78 is 65.1. The standard InChI is InChI=1S/C16H13Cl2F3N2O4S/c1-28(25,26)23(13-4-2-3-12(17)15(13)18)9-14(24)22-10-5-7-11(8-6-10)27-16(19,20)21/h2-8H,9H2,1H3,(H,22,24). The van der Waals surface area contributed by atoms with Gasteiger partial charge in [0.2, 0.25) is 15.9 Å². The summed E-state index contributed by atoms with van der Waals surface area (Å²) in [6.45, 7) is -0.625. The number of nitrogens with zero attached hydrogens (tertiary/aromatic N) is 1. The molecule has 0 fully saturated rings. The van der Waals surface area contributed by atoms with Crippen LogP contribution >= 0.6 is 23.2 Å². The van der Waals surface area contributed by atoms with Crippen molar-refractivity contribution in [2.24, 2.45) is 0 Å². The fourth-order valence-electron chi connectivity index (χ4n) is 2.14. The average molecular weight is 457 g/mol. The molecule has 0 atom stereocenters. The van der Waals surface area contributed by atoms with E-state index in [0.29, 0.717) is 0 Å².